The Morgan fingerprint density at radius 1 is 1.04 bits per heavy atom. The third-order valence-corrected chi connectivity index (χ3v) is 4.03. The Morgan fingerprint density at radius 2 is 1.75 bits per heavy atom. The summed E-state index contributed by atoms with van der Waals surface area (Å²) >= 11 is 2.00. The van der Waals surface area contributed by atoms with Crippen molar-refractivity contribution in [3.63, 3.8) is 0 Å². The quantitative estimate of drug-likeness (QED) is 0.401. The van der Waals surface area contributed by atoms with Crippen LogP contribution in [0.25, 0.3) is 0 Å². The molecule has 0 bridgehead atoms. The van der Waals surface area contributed by atoms with Crippen LogP contribution in [0.1, 0.15) is 28.2 Å². The third kappa shape index (κ3) is 4.67. The summed E-state index contributed by atoms with van der Waals surface area (Å²) in [6, 6.07) is 17.8. The Labute approximate surface area is 154 Å². The summed E-state index contributed by atoms with van der Waals surface area (Å²) in [4.78, 5) is 15.9. The maximum Gasteiger partial charge on any atom is 0.264 e. The number of carbonyl (C=O) groups excluding carboxylic acids is 1. The summed E-state index contributed by atoms with van der Waals surface area (Å²) < 4.78 is 11.6. The van der Waals surface area contributed by atoms with Gasteiger partial charge in [0.1, 0.15) is 12.4 Å². The fourth-order valence-electron chi connectivity index (χ4n) is 2.23. The van der Waals surface area contributed by atoms with Crippen molar-refractivity contribution in [2.45, 2.75) is 19.4 Å². The van der Waals surface area contributed by atoms with Crippen LogP contribution < -0.4 is 4.74 Å². The second-order valence-corrected chi connectivity index (χ2v) is 6.37. The topological polar surface area (TPSA) is 52.3 Å². The van der Waals surface area contributed by atoms with Crippen molar-refractivity contribution in [3.05, 3.63) is 81.6 Å². The van der Waals surface area contributed by atoms with E-state index in [1.807, 2.05) is 77.2 Å². The number of hydrogen-bond donors (Lipinski definition) is 0. The van der Waals surface area contributed by atoms with Crippen molar-refractivity contribution in [2.24, 2.45) is 0 Å². The molecule has 5 heteroatoms. The van der Waals surface area contributed by atoms with Gasteiger partial charge in [0.25, 0.3) is 5.89 Å². The van der Waals surface area contributed by atoms with Crippen molar-refractivity contribution in [1.29, 1.82) is 0 Å². The van der Waals surface area contributed by atoms with E-state index in [1.54, 1.807) is 6.20 Å². The standard InChI is InChI=1S/C19H16INO3/c20-18-12-21-19(24-18)17(22)11-10-14-6-8-15(9-7-14)13-23-16-4-2-1-3-5-16/h1-9,12H,10-11,13H2. The van der Waals surface area contributed by atoms with E-state index >= 15 is 0 Å². The minimum atomic E-state index is -0.0746. The first-order valence-electron chi connectivity index (χ1n) is 7.61. The van der Waals surface area contributed by atoms with Crippen LogP contribution in [-0.2, 0) is 13.0 Å². The monoisotopic (exact) mass is 433 g/mol. The highest BCUT2D eigenvalue weighted by Gasteiger charge is 2.12. The maximum absolute atomic E-state index is 12.0. The number of oxazole rings is 1. The van der Waals surface area contributed by atoms with E-state index in [1.165, 1.54) is 0 Å². The molecule has 0 saturated heterocycles. The zero-order valence-corrected chi connectivity index (χ0v) is 15.1. The van der Waals surface area contributed by atoms with Crippen LogP contribution in [0.5, 0.6) is 5.75 Å². The number of nitrogens with zero attached hydrogens (tertiary/aromatic N) is 1. The number of Topliss-reactive ketones (excluding diaryl/α,β-unsaturated/α-hetero) is 1. The molecule has 0 N–H and O–H groups in total. The number of halogens is 1. The Morgan fingerprint density at radius 3 is 2.42 bits per heavy atom. The van der Waals surface area contributed by atoms with Crippen molar-refractivity contribution in [2.75, 3.05) is 0 Å². The summed E-state index contributed by atoms with van der Waals surface area (Å²) in [6.07, 6.45) is 2.60. The van der Waals surface area contributed by atoms with Gasteiger partial charge in [0, 0.05) is 29.0 Å². The molecule has 1 aromatic heterocycles. The molecule has 3 rings (SSSR count). The maximum atomic E-state index is 12.0. The summed E-state index contributed by atoms with van der Waals surface area (Å²) in [5.74, 6) is 0.967. The van der Waals surface area contributed by atoms with Crippen LogP contribution in [0.3, 0.4) is 0 Å². The fourth-order valence-corrected chi connectivity index (χ4v) is 2.58. The van der Waals surface area contributed by atoms with Crippen molar-refractivity contribution in [3.8, 4) is 5.75 Å². The Kier molecular flexibility index (Phi) is 5.63. The predicted molar refractivity (Wildman–Crippen MR) is 99.1 cm³/mol. The second kappa shape index (κ2) is 8.10. The molecule has 0 aliphatic heterocycles. The van der Waals surface area contributed by atoms with Crippen LogP contribution in [0.15, 0.2) is 65.2 Å². The number of carbonyl (C=O) groups is 1. The Bertz CT molecular complexity index is 797. The van der Waals surface area contributed by atoms with Crippen LogP contribution in [0.2, 0.25) is 0 Å². The molecule has 0 aliphatic rings. The van der Waals surface area contributed by atoms with E-state index in [9.17, 15) is 4.79 Å². The fraction of sp³-hybridized carbons (Fsp3) is 0.158. The number of hydrogen-bond acceptors (Lipinski definition) is 4. The van der Waals surface area contributed by atoms with Gasteiger partial charge in [-0.15, -0.1) is 0 Å². The molecule has 0 atom stereocenters. The van der Waals surface area contributed by atoms with E-state index < -0.39 is 0 Å². The molecule has 2 aromatic carbocycles. The number of para-hydroxylation sites is 1. The normalized spacial score (nSPS) is 10.5. The lowest BCUT2D eigenvalue weighted by molar-refractivity contribution is 0.0948. The minimum Gasteiger partial charge on any atom is -0.489 e. The summed E-state index contributed by atoms with van der Waals surface area (Å²) in [7, 11) is 0. The van der Waals surface area contributed by atoms with Crippen molar-refractivity contribution < 1.29 is 13.9 Å². The number of aromatic nitrogens is 1. The van der Waals surface area contributed by atoms with Crippen LogP contribution >= 0.6 is 22.6 Å². The van der Waals surface area contributed by atoms with Crippen LogP contribution in [0, 0.1) is 3.77 Å². The van der Waals surface area contributed by atoms with Gasteiger partial charge < -0.3 is 9.15 Å². The van der Waals surface area contributed by atoms with Gasteiger partial charge in [-0.1, -0.05) is 42.5 Å². The number of ketones is 1. The number of aryl methyl sites for hydroxylation is 1. The van der Waals surface area contributed by atoms with Crippen molar-refractivity contribution in [1.82, 2.24) is 4.98 Å². The third-order valence-electron chi connectivity index (χ3n) is 3.53. The van der Waals surface area contributed by atoms with Gasteiger partial charge in [-0.25, -0.2) is 4.98 Å². The zero-order chi connectivity index (χ0) is 16.8. The lowest BCUT2D eigenvalue weighted by atomic mass is 10.1. The van der Waals surface area contributed by atoms with Crippen LogP contribution in [0.4, 0.5) is 0 Å². The van der Waals surface area contributed by atoms with Crippen LogP contribution in [-0.4, -0.2) is 10.8 Å². The summed E-state index contributed by atoms with van der Waals surface area (Å²) in [6.45, 7) is 0.526. The Balaban J connectivity index is 1.50. The SMILES string of the molecule is O=C(CCc1ccc(COc2ccccc2)cc1)c1ncc(I)o1. The first kappa shape index (κ1) is 16.7. The molecule has 0 unspecified atom stereocenters. The van der Waals surface area contributed by atoms with Gasteiger partial charge in [0.05, 0.1) is 6.20 Å². The van der Waals surface area contributed by atoms with E-state index in [0.29, 0.717) is 23.2 Å². The number of ether oxygens (including phenoxy) is 1. The first-order valence-corrected chi connectivity index (χ1v) is 8.69. The van der Waals surface area contributed by atoms with Gasteiger partial charge in [0.15, 0.2) is 3.77 Å². The molecule has 0 radical (unpaired) electrons. The summed E-state index contributed by atoms with van der Waals surface area (Å²) in [5.41, 5.74) is 2.20. The zero-order valence-electron chi connectivity index (χ0n) is 12.9. The van der Waals surface area contributed by atoms with Gasteiger partial charge >= 0.3 is 0 Å². The van der Waals surface area contributed by atoms with E-state index in [-0.39, 0.29) is 11.7 Å². The molecule has 1 heterocycles. The van der Waals surface area contributed by atoms with Gasteiger partial charge in [-0.05, 0) is 29.7 Å². The lowest BCUT2D eigenvalue weighted by Crippen LogP contribution is -2.02. The summed E-state index contributed by atoms with van der Waals surface area (Å²) in [5, 5.41) is 0. The van der Waals surface area contributed by atoms with E-state index in [0.717, 1.165) is 16.9 Å². The molecule has 0 saturated carbocycles. The average Bonchev–Trinajstić information content (AvgIpc) is 3.06. The molecular formula is C19H16INO3. The molecular weight excluding hydrogens is 417 g/mol. The smallest absolute Gasteiger partial charge is 0.264 e. The van der Waals surface area contributed by atoms with Gasteiger partial charge in [-0.2, -0.15) is 0 Å². The predicted octanol–water partition coefficient (Wildman–Crippen LogP) is 4.67. The molecule has 0 amide bonds. The largest absolute Gasteiger partial charge is 0.489 e. The number of benzene rings is 2. The molecule has 0 fully saturated rings. The molecule has 24 heavy (non-hydrogen) atoms. The minimum absolute atomic E-state index is 0.0746. The highest BCUT2D eigenvalue weighted by Crippen LogP contribution is 2.14. The molecule has 0 spiro atoms. The molecule has 122 valence electrons. The lowest BCUT2D eigenvalue weighted by Gasteiger charge is -2.07. The first-order chi connectivity index (χ1) is 11.7. The molecule has 4 nitrogen and oxygen atoms in total. The highest BCUT2D eigenvalue weighted by atomic mass is 127. The average molecular weight is 433 g/mol. The van der Waals surface area contributed by atoms with Gasteiger partial charge in [-0.3, -0.25) is 4.79 Å². The highest BCUT2D eigenvalue weighted by molar-refractivity contribution is 14.1. The van der Waals surface area contributed by atoms with E-state index in [4.69, 9.17) is 9.15 Å². The molecule has 3 aromatic rings. The van der Waals surface area contributed by atoms with Gasteiger partial charge in [0.2, 0.25) is 5.78 Å². The number of rotatable bonds is 7. The Hall–Kier alpha value is -2.15. The van der Waals surface area contributed by atoms with Crippen molar-refractivity contribution >= 4 is 28.4 Å². The van der Waals surface area contributed by atoms with E-state index in [2.05, 4.69) is 4.98 Å². The second-order valence-electron chi connectivity index (χ2n) is 5.31. The molecule has 0 aliphatic carbocycles.